The van der Waals surface area contributed by atoms with Crippen molar-refractivity contribution < 1.29 is 19.4 Å². The van der Waals surface area contributed by atoms with Crippen molar-refractivity contribution in [2.75, 3.05) is 6.61 Å². The van der Waals surface area contributed by atoms with Crippen molar-refractivity contribution in [3.63, 3.8) is 0 Å². The maximum absolute atomic E-state index is 12.6. The lowest BCUT2D eigenvalue weighted by Gasteiger charge is -2.07. The van der Waals surface area contributed by atoms with Crippen LogP contribution in [0.1, 0.15) is 61.8 Å². The van der Waals surface area contributed by atoms with Crippen LogP contribution in [0.3, 0.4) is 0 Å². The fourth-order valence-electron chi connectivity index (χ4n) is 4.18. The first-order chi connectivity index (χ1) is 13.9. The van der Waals surface area contributed by atoms with Crippen molar-refractivity contribution in [1.29, 1.82) is 0 Å². The monoisotopic (exact) mass is 389 g/mol. The van der Waals surface area contributed by atoms with Crippen LogP contribution in [-0.2, 0) is 11.2 Å². The summed E-state index contributed by atoms with van der Waals surface area (Å²) in [6.45, 7) is 4.86. The molecular weight excluding hydrogens is 366 g/mol. The van der Waals surface area contributed by atoms with Gasteiger partial charge in [-0.2, -0.15) is 0 Å². The Balaban J connectivity index is 1.49. The molecule has 1 aliphatic carbocycles. The maximum atomic E-state index is 12.6. The Kier molecular flexibility index (Phi) is 4.84. The van der Waals surface area contributed by atoms with Gasteiger partial charge in [0.1, 0.15) is 5.69 Å². The molecular formula is C24H23NO4. The molecule has 4 rings (SSSR count). The highest BCUT2D eigenvalue weighted by Crippen LogP contribution is 2.36. The number of ether oxygens (including phenoxy) is 1. The van der Waals surface area contributed by atoms with Gasteiger partial charge in [0.25, 0.3) is 0 Å². The van der Waals surface area contributed by atoms with E-state index in [1.165, 1.54) is 11.1 Å². The van der Waals surface area contributed by atoms with Gasteiger partial charge in [-0.1, -0.05) is 36.4 Å². The fraction of sp³-hybridized carbons (Fsp3) is 0.250. The Bertz CT molecular complexity index is 1120. The smallest absolute Gasteiger partial charge is 0.355 e. The molecule has 5 heteroatoms. The summed E-state index contributed by atoms with van der Waals surface area (Å²) < 4.78 is 5.26. The molecule has 1 aromatic heterocycles. The highest BCUT2D eigenvalue weighted by atomic mass is 16.5. The molecule has 0 radical (unpaired) electrons. The second-order valence-corrected chi connectivity index (χ2v) is 7.54. The van der Waals surface area contributed by atoms with Gasteiger partial charge in [0.15, 0.2) is 12.4 Å². The molecule has 3 aromatic rings. The normalized spacial score (nSPS) is 13.0. The number of aryl methyl sites for hydroxylation is 1. The Morgan fingerprint density at radius 2 is 1.83 bits per heavy atom. The van der Waals surface area contributed by atoms with Gasteiger partial charge in [-0.05, 0) is 61.1 Å². The van der Waals surface area contributed by atoms with E-state index in [2.05, 4.69) is 17.1 Å². The number of aliphatic hydroxyl groups excluding tert-OH is 1. The number of fused-ring (bicyclic) bond motifs is 3. The van der Waals surface area contributed by atoms with Crippen molar-refractivity contribution in [1.82, 2.24) is 4.98 Å². The Labute approximate surface area is 169 Å². The summed E-state index contributed by atoms with van der Waals surface area (Å²) in [5.41, 5.74) is 7.50. The van der Waals surface area contributed by atoms with Gasteiger partial charge in [-0.25, -0.2) is 4.79 Å². The third-order valence-electron chi connectivity index (χ3n) is 5.57. The number of aliphatic hydroxyl groups is 1. The quantitative estimate of drug-likeness (QED) is 0.394. The van der Waals surface area contributed by atoms with Crippen LogP contribution in [0.2, 0.25) is 0 Å². The molecule has 2 aromatic carbocycles. The molecule has 0 spiro atoms. The summed E-state index contributed by atoms with van der Waals surface area (Å²) in [7, 11) is 0. The summed E-state index contributed by atoms with van der Waals surface area (Å²) in [6, 6.07) is 13.8. The SMILES string of the molecule is Cc1[nH]c(C(=O)OCC(=O)c2ccc3c(c2)-c2ccccc2C3)c(C)c1C(C)O. The highest BCUT2D eigenvalue weighted by Gasteiger charge is 2.23. The highest BCUT2D eigenvalue weighted by molar-refractivity contribution is 6.00. The van der Waals surface area contributed by atoms with Gasteiger partial charge in [0.05, 0.1) is 6.10 Å². The molecule has 1 atom stereocenters. The first-order valence-corrected chi connectivity index (χ1v) is 9.65. The van der Waals surface area contributed by atoms with E-state index >= 15 is 0 Å². The molecule has 148 valence electrons. The molecule has 0 bridgehead atoms. The Hall–Kier alpha value is -3.18. The molecule has 1 heterocycles. The van der Waals surface area contributed by atoms with Crippen LogP contribution in [0.15, 0.2) is 42.5 Å². The average Bonchev–Trinajstić information content (AvgIpc) is 3.22. The summed E-state index contributed by atoms with van der Waals surface area (Å²) in [6.07, 6.45) is 0.176. The first-order valence-electron chi connectivity index (χ1n) is 9.65. The van der Waals surface area contributed by atoms with E-state index in [1.54, 1.807) is 26.8 Å². The van der Waals surface area contributed by atoms with E-state index in [0.29, 0.717) is 22.4 Å². The number of carbonyl (C=O) groups excluding carboxylic acids is 2. The van der Waals surface area contributed by atoms with E-state index in [4.69, 9.17) is 4.74 Å². The minimum atomic E-state index is -0.691. The molecule has 2 N–H and O–H groups in total. The summed E-state index contributed by atoms with van der Waals surface area (Å²) >= 11 is 0. The number of carbonyl (C=O) groups is 2. The van der Waals surface area contributed by atoms with E-state index in [1.807, 2.05) is 24.3 Å². The van der Waals surface area contributed by atoms with Crippen molar-refractivity contribution >= 4 is 11.8 Å². The number of Topliss-reactive ketones (excluding diaryl/α,β-unsaturated/α-hetero) is 1. The van der Waals surface area contributed by atoms with Crippen LogP contribution in [0.4, 0.5) is 0 Å². The lowest BCUT2D eigenvalue weighted by atomic mass is 10.0. The number of esters is 1. The summed E-state index contributed by atoms with van der Waals surface area (Å²) in [5, 5.41) is 9.87. The molecule has 5 nitrogen and oxygen atoms in total. The first kappa shape index (κ1) is 19.2. The van der Waals surface area contributed by atoms with E-state index in [0.717, 1.165) is 17.5 Å². The largest absolute Gasteiger partial charge is 0.453 e. The predicted octanol–water partition coefficient (Wildman–Crippen LogP) is 4.30. The van der Waals surface area contributed by atoms with Gasteiger partial charge in [0.2, 0.25) is 0 Å². The number of ketones is 1. The van der Waals surface area contributed by atoms with Gasteiger partial charge in [0, 0.05) is 16.8 Å². The zero-order valence-corrected chi connectivity index (χ0v) is 16.7. The molecule has 0 fully saturated rings. The minimum absolute atomic E-state index is 0.248. The van der Waals surface area contributed by atoms with Crippen molar-refractivity contribution in [3.05, 3.63) is 81.7 Å². The minimum Gasteiger partial charge on any atom is -0.453 e. The average molecular weight is 389 g/mol. The van der Waals surface area contributed by atoms with Crippen molar-refractivity contribution in [2.24, 2.45) is 0 Å². The molecule has 0 amide bonds. The van der Waals surface area contributed by atoms with Crippen LogP contribution in [0, 0.1) is 13.8 Å². The predicted molar refractivity (Wildman–Crippen MR) is 110 cm³/mol. The third-order valence-corrected chi connectivity index (χ3v) is 5.57. The number of nitrogens with one attached hydrogen (secondary N) is 1. The molecule has 0 saturated carbocycles. The van der Waals surface area contributed by atoms with Crippen LogP contribution in [-0.4, -0.2) is 28.4 Å². The van der Waals surface area contributed by atoms with Gasteiger partial charge in [-0.3, -0.25) is 4.79 Å². The lowest BCUT2D eigenvalue weighted by molar-refractivity contribution is 0.0468. The number of benzene rings is 2. The van der Waals surface area contributed by atoms with Gasteiger partial charge >= 0.3 is 5.97 Å². The third kappa shape index (κ3) is 3.38. The topological polar surface area (TPSA) is 79.4 Å². The van der Waals surface area contributed by atoms with E-state index < -0.39 is 12.1 Å². The standard InChI is InChI=1S/C24H23NO4/c1-13-22(15(3)26)14(2)25-23(13)24(28)29-12-21(27)18-9-8-17-10-16-6-4-5-7-19(16)20(17)11-18/h4-9,11,15,25-26H,10,12H2,1-3H3. The van der Waals surface area contributed by atoms with Crippen molar-refractivity contribution in [3.8, 4) is 11.1 Å². The second-order valence-electron chi connectivity index (χ2n) is 7.54. The van der Waals surface area contributed by atoms with Crippen molar-refractivity contribution in [2.45, 2.75) is 33.3 Å². The summed E-state index contributed by atoms with van der Waals surface area (Å²) in [4.78, 5) is 28.0. The zero-order chi connectivity index (χ0) is 20.7. The number of rotatable bonds is 5. The van der Waals surface area contributed by atoms with Gasteiger partial charge < -0.3 is 14.8 Å². The Morgan fingerprint density at radius 3 is 2.55 bits per heavy atom. The second kappa shape index (κ2) is 7.33. The maximum Gasteiger partial charge on any atom is 0.355 e. The van der Waals surface area contributed by atoms with Crippen LogP contribution in [0.5, 0.6) is 0 Å². The number of H-pyrrole nitrogens is 1. The van der Waals surface area contributed by atoms with Crippen LogP contribution < -0.4 is 0 Å². The number of aromatic nitrogens is 1. The van der Waals surface area contributed by atoms with Crippen LogP contribution >= 0.6 is 0 Å². The number of hydrogen-bond donors (Lipinski definition) is 2. The lowest BCUT2D eigenvalue weighted by Crippen LogP contribution is -2.15. The molecule has 29 heavy (non-hydrogen) atoms. The van der Waals surface area contributed by atoms with E-state index in [9.17, 15) is 14.7 Å². The molecule has 1 aliphatic rings. The fourth-order valence-corrected chi connectivity index (χ4v) is 4.18. The molecule has 0 saturated heterocycles. The summed E-state index contributed by atoms with van der Waals surface area (Å²) in [5.74, 6) is -0.848. The zero-order valence-electron chi connectivity index (χ0n) is 16.7. The Morgan fingerprint density at radius 1 is 1.10 bits per heavy atom. The molecule has 1 unspecified atom stereocenters. The van der Waals surface area contributed by atoms with E-state index in [-0.39, 0.29) is 18.1 Å². The number of aromatic amines is 1. The molecule has 0 aliphatic heterocycles. The van der Waals surface area contributed by atoms with Gasteiger partial charge in [-0.15, -0.1) is 0 Å². The van der Waals surface area contributed by atoms with Crippen LogP contribution in [0.25, 0.3) is 11.1 Å². The number of hydrogen-bond acceptors (Lipinski definition) is 4.